The molecule has 7 rings (SSSR count). The van der Waals surface area contributed by atoms with Crippen LogP contribution in [-0.4, -0.2) is 79.0 Å². The number of nitrogens with zero attached hydrogens (tertiary/aromatic N) is 6. The normalized spacial score (nSPS) is 21.0. The Hall–Kier alpha value is -2.59. The SMILES string of the molecule is CN(SOc1ccc(N2CC(CN3CCC(C(CN4CCCC4)(C4=CCCC4)c4ccccc4)CC3)C2)cc1)c1cnn(C)c1.S. The van der Waals surface area contributed by atoms with Gasteiger partial charge in [-0.3, -0.25) is 8.99 Å². The topological polar surface area (TPSA) is 40.0 Å². The molecular weight excluding hydrogens is 609 g/mol. The standard InChI is InChI=1S/C37H50N6OS.H2S/c1-39-28-35(24-38-39)40(2)45-44-36-16-14-34(15-17-36)43-26-30(27-43)25-41-22-18-33(19-23-41)37(32-12-6-7-13-32,29-42-20-8-9-21-42)31-10-4-3-5-11-31;/h3-5,10-12,14-17,24,28,30,33H,6-9,13,18-23,25-27,29H2,1-2H3;1H2. The van der Waals surface area contributed by atoms with Crippen LogP contribution in [0, 0.1) is 11.8 Å². The number of aromatic nitrogens is 2. The van der Waals surface area contributed by atoms with E-state index in [4.69, 9.17) is 4.18 Å². The van der Waals surface area contributed by atoms with E-state index in [1.807, 2.05) is 30.8 Å². The molecule has 0 radical (unpaired) electrons. The van der Waals surface area contributed by atoms with Crippen molar-refractivity contribution in [2.24, 2.45) is 18.9 Å². The second kappa shape index (κ2) is 15.1. The summed E-state index contributed by atoms with van der Waals surface area (Å²) in [6.07, 6.45) is 15.7. The van der Waals surface area contributed by atoms with Crippen molar-refractivity contribution >= 4 is 37.1 Å². The molecule has 2 aromatic carbocycles. The maximum absolute atomic E-state index is 5.94. The molecule has 1 aromatic heterocycles. The van der Waals surface area contributed by atoms with Crippen LogP contribution in [0.25, 0.3) is 0 Å². The largest absolute Gasteiger partial charge is 0.405 e. The van der Waals surface area contributed by atoms with Crippen LogP contribution in [0.2, 0.25) is 0 Å². The van der Waals surface area contributed by atoms with Gasteiger partial charge in [0, 0.05) is 63.5 Å². The second-order valence-corrected chi connectivity index (χ2v) is 14.7. The van der Waals surface area contributed by atoms with E-state index in [9.17, 15) is 0 Å². The van der Waals surface area contributed by atoms with E-state index in [2.05, 4.69) is 80.5 Å². The van der Waals surface area contributed by atoms with E-state index in [0.29, 0.717) is 0 Å². The molecule has 4 heterocycles. The van der Waals surface area contributed by atoms with Gasteiger partial charge in [0.2, 0.25) is 0 Å². The fraction of sp³-hybridized carbons (Fsp3) is 0.541. The predicted octanol–water partition coefficient (Wildman–Crippen LogP) is 6.90. The molecule has 3 fully saturated rings. The van der Waals surface area contributed by atoms with Crippen molar-refractivity contribution in [3.8, 4) is 5.75 Å². The average Bonchev–Trinajstić information content (AvgIpc) is 3.86. The molecule has 0 spiro atoms. The number of aryl methyl sites for hydroxylation is 1. The van der Waals surface area contributed by atoms with Crippen molar-refractivity contribution < 1.29 is 4.18 Å². The second-order valence-electron chi connectivity index (χ2n) is 13.8. The molecule has 7 nitrogen and oxygen atoms in total. The van der Waals surface area contributed by atoms with Crippen molar-refractivity contribution in [1.82, 2.24) is 19.6 Å². The lowest BCUT2D eigenvalue weighted by Crippen LogP contribution is -2.54. The molecule has 3 saturated heterocycles. The Morgan fingerprint density at radius 1 is 0.935 bits per heavy atom. The molecule has 0 saturated carbocycles. The summed E-state index contributed by atoms with van der Waals surface area (Å²) in [5, 5.41) is 4.23. The van der Waals surface area contributed by atoms with Gasteiger partial charge in [0.1, 0.15) is 5.75 Å². The third kappa shape index (κ3) is 7.28. The lowest BCUT2D eigenvalue weighted by atomic mass is 9.61. The van der Waals surface area contributed by atoms with Gasteiger partial charge >= 0.3 is 0 Å². The van der Waals surface area contributed by atoms with Crippen LogP contribution in [0.15, 0.2) is 78.6 Å². The van der Waals surface area contributed by atoms with E-state index in [-0.39, 0.29) is 18.9 Å². The molecule has 1 unspecified atom stereocenters. The first kappa shape index (κ1) is 33.3. The number of piperidine rings is 1. The van der Waals surface area contributed by atoms with Gasteiger partial charge in [0.25, 0.3) is 0 Å². The van der Waals surface area contributed by atoms with Gasteiger partial charge in [-0.2, -0.15) is 18.6 Å². The minimum Gasteiger partial charge on any atom is -0.405 e. The van der Waals surface area contributed by atoms with E-state index in [1.165, 1.54) is 102 Å². The number of hydrogen-bond acceptors (Lipinski definition) is 7. The highest BCUT2D eigenvalue weighted by molar-refractivity contribution is 7.96. The smallest absolute Gasteiger partial charge is 0.179 e. The van der Waals surface area contributed by atoms with E-state index < -0.39 is 0 Å². The summed E-state index contributed by atoms with van der Waals surface area (Å²) in [5.41, 5.74) is 5.82. The summed E-state index contributed by atoms with van der Waals surface area (Å²) in [7, 11) is 3.91. The lowest BCUT2D eigenvalue weighted by molar-refractivity contribution is 0.101. The maximum atomic E-state index is 5.94. The summed E-state index contributed by atoms with van der Waals surface area (Å²) in [6.45, 7) is 9.77. The van der Waals surface area contributed by atoms with Crippen molar-refractivity contribution in [2.75, 3.05) is 68.6 Å². The lowest BCUT2D eigenvalue weighted by Gasteiger charge is -2.49. The van der Waals surface area contributed by atoms with Gasteiger partial charge in [0.15, 0.2) is 12.2 Å². The number of benzene rings is 2. The highest BCUT2D eigenvalue weighted by atomic mass is 32.2. The van der Waals surface area contributed by atoms with Crippen LogP contribution in [-0.2, 0) is 12.5 Å². The molecule has 9 heteroatoms. The van der Waals surface area contributed by atoms with E-state index in [0.717, 1.165) is 36.4 Å². The van der Waals surface area contributed by atoms with E-state index in [1.54, 1.807) is 15.8 Å². The highest BCUT2D eigenvalue weighted by Gasteiger charge is 2.46. The molecule has 1 atom stereocenters. The molecule has 1 aliphatic carbocycles. The molecule has 3 aliphatic heterocycles. The van der Waals surface area contributed by atoms with E-state index >= 15 is 0 Å². The Balaban J connectivity index is 0.00000372. The number of hydrogen-bond donors (Lipinski definition) is 0. The van der Waals surface area contributed by atoms with Crippen molar-refractivity contribution in [2.45, 2.75) is 50.4 Å². The molecule has 248 valence electrons. The first-order valence-electron chi connectivity index (χ1n) is 17.2. The zero-order valence-electron chi connectivity index (χ0n) is 27.7. The number of likely N-dealkylation sites (tertiary alicyclic amines) is 2. The van der Waals surface area contributed by atoms with Gasteiger partial charge in [-0.15, -0.1) is 0 Å². The fourth-order valence-corrected chi connectivity index (χ4v) is 8.89. The van der Waals surface area contributed by atoms with Gasteiger partial charge in [-0.05, 0) is 107 Å². The number of allylic oxidation sites excluding steroid dienone is 1. The van der Waals surface area contributed by atoms with Crippen LogP contribution >= 0.6 is 25.7 Å². The van der Waals surface area contributed by atoms with Gasteiger partial charge in [0.05, 0.1) is 11.9 Å². The first-order chi connectivity index (χ1) is 22.1. The van der Waals surface area contributed by atoms with Crippen LogP contribution in [0.1, 0.15) is 50.5 Å². The summed E-state index contributed by atoms with van der Waals surface area (Å²) < 4.78 is 9.72. The Morgan fingerprint density at radius 3 is 2.33 bits per heavy atom. The molecule has 46 heavy (non-hydrogen) atoms. The van der Waals surface area contributed by atoms with Gasteiger partial charge in [-0.25, -0.2) is 0 Å². The van der Waals surface area contributed by atoms with Gasteiger partial charge < -0.3 is 18.9 Å². The summed E-state index contributed by atoms with van der Waals surface area (Å²) in [6, 6.07) is 20.2. The summed E-state index contributed by atoms with van der Waals surface area (Å²) in [5.74, 6) is 2.34. The predicted molar refractivity (Wildman–Crippen MR) is 197 cm³/mol. The minimum absolute atomic E-state index is 0. The number of rotatable bonds is 12. The minimum atomic E-state index is 0. The van der Waals surface area contributed by atoms with Crippen LogP contribution < -0.4 is 13.4 Å². The molecule has 4 aliphatic rings. The summed E-state index contributed by atoms with van der Waals surface area (Å²) >= 11 is 1.32. The fourth-order valence-electron chi connectivity index (χ4n) is 8.41. The van der Waals surface area contributed by atoms with Crippen LogP contribution in [0.5, 0.6) is 5.75 Å². The number of anilines is 2. The molecule has 3 aromatic rings. The third-order valence-corrected chi connectivity index (χ3v) is 11.5. The highest BCUT2D eigenvalue weighted by Crippen LogP contribution is 2.49. The molecule has 0 N–H and O–H groups in total. The zero-order valence-corrected chi connectivity index (χ0v) is 29.5. The van der Waals surface area contributed by atoms with Crippen LogP contribution in [0.4, 0.5) is 11.4 Å². The Bertz CT molecular complexity index is 1410. The first-order valence-corrected chi connectivity index (χ1v) is 17.9. The molecule has 0 bridgehead atoms. The Labute approximate surface area is 287 Å². The third-order valence-electron chi connectivity index (χ3n) is 10.8. The van der Waals surface area contributed by atoms with Crippen molar-refractivity contribution in [1.29, 1.82) is 0 Å². The quantitative estimate of drug-likeness (QED) is 0.119. The maximum Gasteiger partial charge on any atom is 0.179 e. The van der Waals surface area contributed by atoms with Crippen molar-refractivity contribution in [3.63, 3.8) is 0 Å². The Morgan fingerprint density at radius 2 is 1.67 bits per heavy atom. The van der Waals surface area contributed by atoms with Crippen LogP contribution in [0.3, 0.4) is 0 Å². The zero-order chi connectivity index (χ0) is 30.6. The van der Waals surface area contributed by atoms with Gasteiger partial charge in [-0.1, -0.05) is 42.0 Å². The molecular formula is C37H52N6OS2. The average molecular weight is 661 g/mol. The summed E-state index contributed by atoms with van der Waals surface area (Å²) in [4.78, 5) is 8.08. The molecule has 0 amide bonds. The van der Waals surface area contributed by atoms with Crippen molar-refractivity contribution in [3.05, 3.63) is 84.2 Å². The Kier molecular flexibility index (Phi) is 10.9. The monoisotopic (exact) mass is 660 g/mol.